The van der Waals surface area contributed by atoms with Gasteiger partial charge in [-0.25, -0.2) is 0 Å². The topological polar surface area (TPSA) is 0 Å². The van der Waals surface area contributed by atoms with E-state index in [1.54, 1.807) is 0 Å². The fourth-order valence-corrected chi connectivity index (χ4v) is 4.03. The molecule has 0 aromatic heterocycles. The molecule has 0 bridgehead atoms. The van der Waals surface area contributed by atoms with Gasteiger partial charge in [-0.3, -0.25) is 0 Å². The Labute approximate surface area is 156 Å². The highest BCUT2D eigenvalue weighted by Gasteiger charge is 2.20. The van der Waals surface area contributed by atoms with Crippen molar-refractivity contribution < 1.29 is 17.3 Å². The van der Waals surface area contributed by atoms with Gasteiger partial charge in [0, 0.05) is 0 Å². The van der Waals surface area contributed by atoms with Crippen LogP contribution in [0.5, 0.6) is 0 Å². The number of benzene rings is 2. The highest BCUT2D eigenvalue weighted by Crippen LogP contribution is 2.15. The molecule has 0 radical (unpaired) electrons. The average Bonchev–Trinajstić information content (AvgIpc) is 2.57. The second-order valence-electron chi connectivity index (χ2n) is 6.34. The molecule has 0 spiro atoms. The van der Waals surface area contributed by atoms with Crippen LogP contribution in [0.15, 0.2) is 48.5 Å². The van der Waals surface area contributed by atoms with Gasteiger partial charge in [-0.1, -0.05) is 51.0 Å². The normalized spacial score (nSPS) is 11.0. The Bertz CT molecular complexity index is 588. The lowest BCUT2D eigenvalue weighted by Gasteiger charge is -2.03. The monoisotopic (exact) mass is 386 g/mol. The van der Waals surface area contributed by atoms with Crippen LogP contribution in [0, 0.1) is 0 Å². The molecule has 26 heavy (non-hydrogen) atoms. The summed E-state index contributed by atoms with van der Waals surface area (Å²) in [5.74, 6) is 0. The highest BCUT2D eigenvalue weighted by atomic mass is 31.1. The summed E-state index contributed by atoms with van der Waals surface area (Å²) >= 11 is 0. The second kappa shape index (κ2) is 12.1. The number of hydrogen-bond acceptors (Lipinski definition) is 0. The van der Waals surface area contributed by atoms with Gasteiger partial charge in [-0.05, 0) is 61.1 Å². The second-order valence-corrected chi connectivity index (χ2v) is 7.96. The van der Waals surface area contributed by atoms with E-state index in [4.69, 9.17) is 0 Å². The third-order valence-electron chi connectivity index (χ3n) is 3.87. The van der Waals surface area contributed by atoms with Gasteiger partial charge in [0.05, 0.1) is 19.2 Å². The van der Waals surface area contributed by atoms with Gasteiger partial charge in [-0.15, -0.1) is 0 Å². The van der Waals surface area contributed by atoms with E-state index >= 15 is 0 Å². The third kappa shape index (κ3) is 11.3. The lowest BCUT2D eigenvalue weighted by atomic mass is 10.1. The van der Waals surface area contributed by atoms with Crippen LogP contribution in [0.25, 0.3) is 0 Å². The predicted octanol–water partition coefficient (Wildman–Crippen LogP) is 6.03. The van der Waals surface area contributed by atoms with Crippen LogP contribution in [0.4, 0.5) is 17.3 Å². The van der Waals surface area contributed by atoms with E-state index in [2.05, 4.69) is 62.4 Å². The largest absolute Gasteiger partial charge is 0.673 e. The van der Waals surface area contributed by atoms with Crippen LogP contribution in [0.3, 0.4) is 0 Å². The van der Waals surface area contributed by atoms with Crippen LogP contribution < -0.4 is 10.6 Å². The van der Waals surface area contributed by atoms with Crippen LogP contribution >= 0.6 is 8.58 Å². The van der Waals surface area contributed by atoms with E-state index < -0.39 is 7.25 Å². The van der Waals surface area contributed by atoms with E-state index in [1.807, 2.05) is 0 Å². The number of aryl methyl sites for hydroxylation is 2. The van der Waals surface area contributed by atoms with E-state index in [0.29, 0.717) is 0 Å². The van der Waals surface area contributed by atoms with E-state index in [1.165, 1.54) is 60.3 Å². The van der Waals surface area contributed by atoms with Gasteiger partial charge in [-0.2, -0.15) is 0 Å². The summed E-state index contributed by atoms with van der Waals surface area (Å²) in [6, 6.07) is 18.4. The first-order valence-electron chi connectivity index (χ1n) is 9.21. The van der Waals surface area contributed by atoms with Crippen molar-refractivity contribution in [2.24, 2.45) is 0 Å². The molecule has 0 amide bonds. The van der Waals surface area contributed by atoms with Crippen molar-refractivity contribution in [3.63, 3.8) is 0 Å². The highest BCUT2D eigenvalue weighted by molar-refractivity contribution is 7.55. The van der Waals surface area contributed by atoms with Crippen molar-refractivity contribution >= 4 is 26.4 Å². The summed E-state index contributed by atoms with van der Waals surface area (Å²) in [6.07, 6.45) is 7.59. The Morgan fingerprint density at radius 2 is 1.12 bits per heavy atom. The molecule has 0 aliphatic heterocycles. The molecule has 2 aromatic carbocycles. The van der Waals surface area contributed by atoms with Crippen LogP contribution in [0.1, 0.15) is 50.7 Å². The standard InChI is InChI=1S/C20H27P.BF4/c1-3-5-9-17-11-7-13-19(15-17)21-20-14-8-12-18(16-20)10-6-4-2;2-1(3,4)5/h7-8,11-16,21H,3-6,9-10H2,1-2H3;/q;-1/p+1. The molecule has 0 saturated heterocycles. The Morgan fingerprint density at radius 3 is 1.46 bits per heavy atom. The number of halogens is 4. The third-order valence-corrected chi connectivity index (χ3v) is 5.26. The Balaban J connectivity index is 0.000000597. The molecule has 144 valence electrons. The van der Waals surface area contributed by atoms with E-state index in [0.717, 1.165) is 0 Å². The number of unbranched alkanes of at least 4 members (excludes halogenated alkanes) is 2. The maximum absolute atomic E-state index is 9.75. The Hall–Kier alpha value is -1.35. The molecule has 0 aliphatic rings. The molecule has 2 rings (SSSR count). The molecule has 0 fully saturated rings. The van der Waals surface area contributed by atoms with Crippen molar-refractivity contribution in [3.05, 3.63) is 59.7 Å². The van der Waals surface area contributed by atoms with Crippen LogP contribution in [-0.4, -0.2) is 7.25 Å². The molecule has 0 nitrogen and oxygen atoms in total. The fraction of sp³-hybridized carbons (Fsp3) is 0.400. The number of rotatable bonds is 8. The van der Waals surface area contributed by atoms with E-state index in [-0.39, 0.29) is 8.58 Å². The maximum Gasteiger partial charge on any atom is 0.673 e. The van der Waals surface area contributed by atoms with Gasteiger partial charge in [0.2, 0.25) is 0 Å². The summed E-state index contributed by atoms with van der Waals surface area (Å²) in [5.41, 5.74) is 3.01. The summed E-state index contributed by atoms with van der Waals surface area (Å²) in [6.45, 7) is 4.52. The fourth-order valence-electron chi connectivity index (χ4n) is 2.63. The van der Waals surface area contributed by atoms with Crippen molar-refractivity contribution in [2.45, 2.75) is 52.4 Å². The minimum absolute atomic E-state index is 0.228. The molecule has 0 heterocycles. The summed E-state index contributed by atoms with van der Waals surface area (Å²) in [5, 5.41) is 3.05. The van der Waals surface area contributed by atoms with Gasteiger partial charge >= 0.3 is 7.25 Å². The predicted molar refractivity (Wildman–Crippen MR) is 109 cm³/mol. The summed E-state index contributed by atoms with van der Waals surface area (Å²) < 4.78 is 39.0. The zero-order chi connectivity index (χ0) is 19.4. The molecule has 0 unspecified atom stereocenters. The van der Waals surface area contributed by atoms with Crippen molar-refractivity contribution in [3.8, 4) is 0 Å². The summed E-state index contributed by atoms with van der Waals surface area (Å²) in [4.78, 5) is 0. The lowest BCUT2D eigenvalue weighted by Crippen LogP contribution is -2.05. The SMILES string of the molecule is CCCCc1cccc([PH2+]c2cccc(CCCC)c2)c1.F[B-](F)(F)F. The number of hydrogen-bond donors (Lipinski definition) is 0. The Kier molecular flexibility index (Phi) is 10.6. The molecular formula is C20H28BF4P. The first kappa shape index (κ1) is 22.7. The quantitative estimate of drug-likeness (QED) is 0.295. The van der Waals surface area contributed by atoms with Gasteiger partial charge in [0.1, 0.15) is 0 Å². The zero-order valence-corrected chi connectivity index (χ0v) is 16.7. The van der Waals surface area contributed by atoms with Crippen molar-refractivity contribution in [2.75, 3.05) is 0 Å². The van der Waals surface area contributed by atoms with Crippen molar-refractivity contribution in [1.82, 2.24) is 0 Å². The maximum atomic E-state index is 9.75. The summed E-state index contributed by atoms with van der Waals surface area (Å²) in [7, 11) is -5.77. The first-order chi connectivity index (χ1) is 12.3. The molecule has 0 N–H and O–H groups in total. The molecule has 0 saturated carbocycles. The van der Waals surface area contributed by atoms with E-state index in [9.17, 15) is 17.3 Å². The average molecular weight is 386 g/mol. The van der Waals surface area contributed by atoms with Crippen molar-refractivity contribution in [1.29, 1.82) is 0 Å². The van der Waals surface area contributed by atoms with Gasteiger partial charge in [0.15, 0.2) is 0 Å². The molecule has 0 aliphatic carbocycles. The minimum atomic E-state index is -6.00. The minimum Gasteiger partial charge on any atom is -0.418 e. The zero-order valence-electron chi connectivity index (χ0n) is 15.5. The van der Waals surface area contributed by atoms with Gasteiger partial charge < -0.3 is 17.3 Å². The van der Waals surface area contributed by atoms with Gasteiger partial charge in [0.25, 0.3) is 0 Å². The smallest absolute Gasteiger partial charge is 0.418 e. The molecule has 2 aromatic rings. The molecular weight excluding hydrogens is 358 g/mol. The lowest BCUT2D eigenvalue weighted by molar-refractivity contribution is 0.368. The van der Waals surface area contributed by atoms with Crippen LogP contribution in [-0.2, 0) is 12.8 Å². The first-order valence-corrected chi connectivity index (χ1v) is 10.4. The molecule has 0 atom stereocenters. The van der Waals surface area contributed by atoms with Crippen LogP contribution in [0.2, 0.25) is 0 Å². The molecule has 6 heteroatoms. The Morgan fingerprint density at radius 1 is 0.731 bits per heavy atom.